The summed E-state index contributed by atoms with van der Waals surface area (Å²) >= 11 is 0. The van der Waals surface area contributed by atoms with E-state index in [1.807, 2.05) is 54.6 Å². The standard InChI is InChI=1S/C27H15N9O3/c1-4-10-28-16(7-1)19-22(25-34-31-13-37-25)20(17-8-2-5-11-29-17)24(27-36-33-15-39-27)21(18-9-3-6-12-30-18)23(19)26-35-32-14-38-26/h1-15H. The molecule has 12 heteroatoms. The Morgan fingerprint density at radius 2 is 0.718 bits per heavy atom. The molecule has 7 aromatic rings. The minimum Gasteiger partial charge on any atom is -0.423 e. The summed E-state index contributed by atoms with van der Waals surface area (Å²) in [5, 5.41) is 24.7. The third kappa shape index (κ3) is 3.83. The predicted octanol–water partition coefficient (Wildman–Crippen LogP) is 5.02. The van der Waals surface area contributed by atoms with Crippen molar-refractivity contribution in [1.29, 1.82) is 0 Å². The van der Waals surface area contributed by atoms with Gasteiger partial charge in [0.05, 0.1) is 33.8 Å². The minimum atomic E-state index is 0.213. The molecule has 7 rings (SSSR count). The van der Waals surface area contributed by atoms with E-state index in [1.54, 1.807) is 18.6 Å². The van der Waals surface area contributed by atoms with Crippen molar-refractivity contribution in [2.24, 2.45) is 0 Å². The van der Waals surface area contributed by atoms with Gasteiger partial charge in [-0.15, -0.1) is 30.6 Å². The Kier molecular flexibility index (Phi) is 5.44. The number of benzene rings is 1. The fraction of sp³-hybridized carbons (Fsp3) is 0. The molecule has 0 N–H and O–H groups in total. The van der Waals surface area contributed by atoms with Crippen LogP contribution in [0.4, 0.5) is 0 Å². The van der Waals surface area contributed by atoms with Crippen LogP contribution < -0.4 is 0 Å². The zero-order valence-corrected chi connectivity index (χ0v) is 19.9. The lowest BCUT2D eigenvalue weighted by Crippen LogP contribution is -2.04. The topological polar surface area (TPSA) is 155 Å². The summed E-state index contributed by atoms with van der Waals surface area (Å²) in [6, 6.07) is 16.7. The largest absolute Gasteiger partial charge is 0.423 e. The molecule has 0 aliphatic heterocycles. The fourth-order valence-corrected chi connectivity index (χ4v) is 4.54. The first-order valence-electron chi connectivity index (χ1n) is 11.7. The van der Waals surface area contributed by atoms with Crippen molar-refractivity contribution >= 4 is 0 Å². The first-order valence-corrected chi connectivity index (χ1v) is 11.7. The van der Waals surface area contributed by atoms with Crippen LogP contribution in [0.25, 0.3) is 68.1 Å². The highest BCUT2D eigenvalue weighted by Gasteiger charge is 2.35. The van der Waals surface area contributed by atoms with Crippen molar-refractivity contribution in [3.63, 3.8) is 0 Å². The van der Waals surface area contributed by atoms with Gasteiger partial charge in [-0.3, -0.25) is 15.0 Å². The molecule has 0 amide bonds. The summed E-state index contributed by atoms with van der Waals surface area (Å²) in [5.41, 5.74) is 5.10. The van der Waals surface area contributed by atoms with Crippen molar-refractivity contribution < 1.29 is 13.3 Å². The van der Waals surface area contributed by atoms with Crippen LogP contribution in [-0.2, 0) is 0 Å². The van der Waals surface area contributed by atoms with E-state index >= 15 is 0 Å². The molecule has 6 aromatic heterocycles. The van der Waals surface area contributed by atoms with E-state index in [9.17, 15) is 0 Å². The molecule has 186 valence electrons. The summed E-state index contributed by atoms with van der Waals surface area (Å²) in [4.78, 5) is 14.0. The molecule has 0 atom stereocenters. The second kappa shape index (κ2) is 9.52. The monoisotopic (exact) mass is 513 g/mol. The van der Waals surface area contributed by atoms with Gasteiger partial charge >= 0.3 is 0 Å². The average molecular weight is 513 g/mol. The average Bonchev–Trinajstić information content (AvgIpc) is 3.82. The lowest BCUT2D eigenvalue weighted by molar-refractivity contribution is 0.565. The Hall–Kier alpha value is -5.91. The van der Waals surface area contributed by atoms with Gasteiger partial charge < -0.3 is 13.3 Å². The Morgan fingerprint density at radius 1 is 0.385 bits per heavy atom. The van der Waals surface area contributed by atoms with Crippen molar-refractivity contribution in [3.8, 4) is 68.1 Å². The Balaban J connectivity index is 1.80. The first kappa shape index (κ1) is 22.3. The maximum atomic E-state index is 5.81. The van der Waals surface area contributed by atoms with Crippen LogP contribution in [0, 0.1) is 0 Å². The minimum absolute atomic E-state index is 0.213. The maximum absolute atomic E-state index is 5.81. The van der Waals surface area contributed by atoms with Gasteiger partial charge in [-0.05, 0) is 36.4 Å². The Labute approximate surface area is 219 Å². The van der Waals surface area contributed by atoms with E-state index in [4.69, 9.17) is 13.3 Å². The second-order valence-corrected chi connectivity index (χ2v) is 8.13. The summed E-state index contributed by atoms with van der Waals surface area (Å²) in [6.45, 7) is 0. The lowest BCUT2D eigenvalue weighted by atomic mass is 9.82. The highest BCUT2D eigenvalue weighted by atomic mass is 16.4. The van der Waals surface area contributed by atoms with E-state index in [1.165, 1.54) is 19.2 Å². The number of hydrogen-bond donors (Lipinski definition) is 0. The van der Waals surface area contributed by atoms with Crippen LogP contribution in [-0.4, -0.2) is 45.5 Å². The molecule has 12 nitrogen and oxygen atoms in total. The third-order valence-electron chi connectivity index (χ3n) is 5.98. The second-order valence-electron chi connectivity index (χ2n) is 8.13. The predicted molar refractivity (Wildman–Crippen MR) is 136 cm³/mol. The molecule has 0 saturated carbocycles. The quantitative estimate of drug-likeness (QED) is 0.293. The molecule has 0 bridgehead atoms. The third-order valence-corrected chi connectivity index (χ3v) is 5.98. The molecule has 1 aromatic carbocycles. The Morgan fingerprint density at radius 3 is 0.949 bits per heavy atom. The highest BCUT2D eigenvalue weighted by Crippen LogP contribution is 2.53. The zero-order valence-electron chi connectivity index (χ0n) is 19.9. The fourth-order valence-electron chi connectivity index (χ4n) is 4.54. The van der Waals surface area contributed by atoms with Crippen LogP contribution in [0.1, 0.15) is 0 Å². The zero-order chi connectivity index (χ0) is 26.0. The first-order chi connectivity index (χ1) is 19.4. The molecular formula is C27H15N9O3. The molecular weight excluding hydrogens is 498 g/mol. The molecule has 0 radical (unpaired) electrons. The van der Waals surface area contributed by atoms with Crippen molar-refractivity contribution in [1.82, 2.24) is 45.5 Å². The van der Waals surface area contributed by atoms with Gasteiger partial charge in [0.1, 0.15) is 0 Å². The van der Waals surface area contributed by atoms with Gasteiger partial charge in [-0.25, -0.2) is 0 Å². The van der Waals surface area contributed by atoms with E-state index in [2.05, 4.69) is 45.5 Å². The van der Waals surface area contributed by atoms with Gasteiger partial charge in [0, 0.05) is 35.3 Å². The molecule has 0 aliphatic rings. The number of nitrogens with zero attached hydrogens (tertiary/aromatic N) is 9. The summed E-state index contributed by atoms with van der Waals surface area (Å²) in [7, 11) is 0. The van der Waals surface area contributed by atoms with Crippen LogP contribution in [0.5, 0.6) is 0 Å². The molecule has 0 saturated heterocycles. The summed E-state index contributed by atoms with van der Waals surface area (Å²) < 4.78 is 17.4. The molecule has 0 unspecified atom stereocenters. The molecule has 39 heavy (non-hydrogen) atoms. The SMILES string of the molecule is c1ccc(-c2c(-c3nnco3)c(-c3ccccn3)c(-c3nnco3)c(-c3ccccn3)c2-c2nnco2)nc1. The molecule has 0 aliphatic carbocycles. The van der Waals surface area contributed by atoms with Crippen molar-refractivity contribution in [2.45, 2.75) is 0 Å². The van der Waals surface area contributed by atoms with E-state index in [-0.39, 0.29) is 17.7 Å². The van der Waals surface area contributed by atoms with Crippen LogP contribution in [0.15, 0.2) is 106 Å². The summed E-state index contributed by atoms with van der Waals surface area (Å²) in [5.74, 6) is 0.640. The van der Waals surface area contributed by atoms with Gasteiger partial charge in [-0.1, -0.05) is 18.2 Å². The molecule has 0 fully saturated rings. The van der Waals surface area contributed by atoms with E-state index in [0.29, 0.717) is 50.5 Å². The number of aromatic nitrogens is 9. The van der Waals surface area contributed by atoms with Crippen LogP contribution >= 0.6 is 0 Å². The van der Waals surface area contributed by atoms with Crippen LogP contribution in [0.2, 0.25) is 0 Å². The highest BCUT2D eigenvalue weighted by molar-refractivity contribution is 6.11. The molecule has 6 heterocycles. The normalized spacial score (nSPS) is 11.1. The van der Waals surface area contributed by atoms with Gasteiger partial charge in [0.25, 0.3) is 0 Å². The number of rotatable bonds is 6. The van der Waals surface area contributed by atoms with Gasteiger partial charge in [0.2, 0.25) is 36.9 Å². The van der Waals surface area contributed by atoms with Crippen molar-refractivity contribution in [3.05, 3.63) is 92.4 Å². The maximum Gasteiger partial charge on any atom is 0.248 e. The van der Waals surface area contributed by atoms with E-state index in [0.717, 1.165) is 0 Å². The smallest absolute Gasteiger partial charge is 0.248 e. The van der Waals surface area contributed by atoms with Crippen LogP contribution in [0.3, 0.4) is 0 Å². The van der Waals surface area contributed by atoms with Crippen molar-refractivity contribution in [2.75, 3.05) is 0 Å². The number of pyridine rings is 3. The summed E-state index contributed by atoms with van der Waals surface area (Å²) in [6.07, 6.45) is 8.84. The molecule has 0 spiro atoms. The Bertz CT molecular complexity index is 1590. The van der Waals surface area contributed by atoms with Gasteiger partial charge in [-0.2, -0.15) is 0 Å². The number of hydrogen-bond acceptors (Lipinski definition) is 12. The van der Waals surface area contributed by atoms with Gasteiger partial charge in [0.15, 0.2) is 0 Å². The lowest BCUT2D eigenvalue weighted by Gasteiger charge is -2.22. The van der Waals surface area contributed by atoms with E-state index < -0.39 is 0 Å².